The first kappa shape index (κ1) is 15.4. The van der Waals surface area contributed by atoms with Crippen LogP contribution in [-0.4, -0.2) is 16.6 Å². The molecule has 2 atom stereocenters. The Bertz CT molecular complexity index is 515. The molecule has 1 aromatic rings. The normalized spacial score (nSPS) is 28.9. The van der Waals surface area contributed by atoms with Crippen LogP contribution in [0.5, 0.6) is 0 Å². The maximum atomic E-state index is 11.9. The minimum absolute atomic E-state index is 0.0321. The number of anilines is 1. The maximum absolute atomic E-state index is 11.9. The number of carboxylic acids is 1. The Morgan fingerprint density at radius 3 is 2.55 bits per heavy atom. The summed E-state index contributed by atoms with van der Waals surface area (Å²) < 4.78 is 0.900. The SMILES string of the molecule is CC1CC(C)(C)CC(Nc2ccccc2Br)(C(=O)O)C1. The van der Waals surface area contributed by atoms with Gasteiger partial charge in [-0.15, -0.1) is 0 Å². The molecule has 3 nitrogen and oxygen atoms in total. The summed E-state index contributed by atoms with van der Waals surface area (Å²) in [7, 11) is 0. The van der Waals surface area contributed by atoms with E-state index >= 15 is 0 Å². The Labute approximate surface area is 128 Å². The van der Waals surface area contributed by atoms with Crippen molar-refractivity contribution in [3.63, 3.8) is 0 Å². The molecule has 1 saturated carbocycles. The minimum atomic E-state index is -0.884. The zero-order chi connectivity index (χ0) is 15.0. The Hall–Kier alpha value is -1.03. The van der Waals surface area contributed by atoms with Gasteiger partial charge in [0.2, 0.25) is 0 Å². The number of aliphatic carboxylic acids is 1. The Balaban J connectivity index is 2.36. The van der Waals surface area contributed by atoms with Crippen molar-refractivity contribution in [1.29, 1.82) is 0 Å². The molecule has 0 amide bonds. The van der Waals surface area contributed by atoms with Crippen molar-refractivity contribution in [2.75, 3.05) is 5.32 Å². The first-order chi connectivity index (χ1) is 9.24. The van der Waals surface area contributed by atoms with Crippen LogP contribution in [0.2, 0.25) is 0 Å². The van der Waals surface area contributed by atoms with Gasteiger partial charge in [0.25, 0.3) is 0 Å². The Morgan fingerprint density at radius 2 is 2.00 bits per heavy atom. The molecule has 2 unspecified atom stereocenters. The van der Waals surface area contributed by atoms with E-state index in [1.165, 1.54) is 0 Å². The van der Waals surface area contributed by atoms with E-state index in [9.17, 15) is 9.90 Å². The number of para-hydroxylation sites is 1. The zero-order valence-corrected chi connectivity index (χ0v) is 13.8. The number of carbonyl (C=O) groups is 1. The van der Waals surface area contributed by atoms with Crippen LogP contribution in [0.4, 0.5) is 5.69 Å². The largest absolute Gasteiger partial charge is 0.480 e. The smallest absolute Gasteiger partial charge is 0.329 e. The van der Waals surface area contributed by atoms with Gasteiger partial charge in [-0.2, -0.15) is 0 Å². The van der Waals surface area contributed by atoms with Gasteiger partial charge in [0.15, 0.2) is 0 Å². The molecule has 1 fully saturated rings. The average molecular weight is 340 g/mol. The number of hydrogen-bond donors (Lipinski definition) is 2. The van der Waals surface area contributed by atoms with Gasteiger partial charge in [-0.1, -0.05) is 32.9 Å². The molecule has 0 saturated heterocycles. The standard InChI is InChI=1S/C16H22BrNO2/c1-11-8-15(2,3)10-16(9-11,14(19)20)18-13-7-5-4-6-12(13)17/h4-7,11,18H,8-10H2,1-3H3,(H,19,20). The summed E-state index contributed by atoms with van der Waals surface area (Å²) >= 11 is 3.48. The summed E-state index contributed by atoms with van der Waals surface area (Å²) in [6, 6.07) is 7.69. The van der Waals surface area contributed by atoms with Crippen molar-refractivity contribution < 1.29 is 9.90 Å². The average Bonchev–Trinajstić information content (AvgIpc) is 2.29. The van der Waals surface area contributed by atoms with Crippen molar-refractivity contribution in [2.24, 2.45) is 11.3 Å². The molecule has 1 aliphatic carbocycles. The van der Waals surface area contributed by atoms with Crippen molar-refractivity contribution >= 4 is 27.6 Å². The molecule has 0 heterocycles. The predicted molar refractivity (Wildman–Crippen MR) is 84.9 cm³/mol. The second-order valence-electron chi connectivity index (χ2n) is 6.85. The predicted octanol–water partition coefficient (Wildman–Crippen LogP) is 4.53. The van der Waals surface area contributed by atoms with E-state index < -0.39 is 11.5 Å². The number of hydrogen-bond acceptors (Lipinski definition) is 2. The maximum Gasteiger partial charge on any atom is 0.329 e. The van der Waals surface area contributed by atoms with E-state index in [1.807, 2.05) is 24.3 Å². The van der Waals surface area contributed by atoms with E-state index in [0.29, 0.717) is 18.8 Å². The van der Waals surface area contributed by atoms with Gasteiger partial charge in [0, 0.05) is 10.2 Å². The van der Waals surface area contributed by atoms with Crippen molar-refractivity contribution in [3.05, 3.63) is 28.7 Å². The fourth-order valence-electron chi connectivity index (χ4n) is 3.70. The molecule has 0 radical (unpaired) electrons. The highest BCUT2D eigenvalue weighted by Gasteiger charge is 2.48. The third kappa shape index (κ3) is 3.17. The first-order valence-electron chi connectivity index (χ1n) is 7.00. The van der Waals surface area contributed by atoms with Crippen LogP contribution in [0.3, 0.4) is 0 Å². The van der Waals surface area contributed by atoms with E-state index in [1.54, 1.807) is 0 Å². The van der Waals surface area contributed by atoms with Crippen LogP contribution in [0.15, 0.2) is 28.7 Å². The van der Waals surface area contributed by atoms with Crippen molar-refractivity contribution in [3.8, 4) is 0 Å². The van der Waals surface area contributed by atoms with E-state index in [-0.39, 0.29) is 5.41 Å². The monoisotopic (exact) mass is 339 g/mol. The number of nitrogens with one attached hydrogen (secondary N) is 1. The second kappa shape index (κ2) is 5.40. The van der Waals surface area contributed by atoms with Gasteiger partial charge >= 0.3 is 5.97 Å². The van der Waals surface area contributed by atoms with Crippen LogP contribution in [0.25, 0.3) is 0 Å². The Kier molecular flexibility index (Phi) is 4.14. The van der Waals surface area contributed by atoms with Gasteiger partial charge in [-0.05, 0) is 58.7 Å². The summed E-state index contributed by atoms with van der Waals surface area (Å²) in [5, 5.41) is 13.1. The molecule has 4 heteroatoms. The summed E-state index contributed by atoms with van der Waals surface area (Å²) in [5.74, 6) is -0.363. The lowest BCUT2D eigenvalue weighted by molar-refractivity contribution is -0.145. The van der Waals surface area contributed by atoms with Crippen LogP contribution in [0, 0.1) is 11.3 Å². The number of carboxylic acid groups (broad SMARTS) is 1. The quantitative estimate of drug-likeness (QED) is 0.850. The number of halogens is 1. The molecule has 1 aliphatic rings. The van der Waals surface area contributed by atoms with E-state index in [2.05, 4.69) is 42.0 Å². The molecular weight excluding hydrogens is 318 g/mol. The third-order valence-electron chi connectivity index (χ3n) is 4.04. The molecule has 0 aromatic heterocycles. The molecule has 20 heavy (non-hydrogen) atoms. The van der Waals surface area contributed by atoms with Gasteiger partial charge in [-0.25, -0.2) is 4.79 Å². The molecule has 1 aromatic carbocycles. The summed E-state index contributed by atoms with van der Waals surface area (Å²) in [4.78, 5) is 11.9. The first-order valence-corrected chi connectivity index (χ1v) is 7.80. The summed E-state index contributed by atoms with van der Waals surface area (Å²) in [6.45, 7) is 6.45. The lowest BCUT2D eigenvalue weighted by Crippen LogP contribution is -2.53. The van der Waals surface area contributed by atoms with Crippen LogP contribution in [-0.2, 0) is 4.79 Å². The van der Waals surface area contributed by atoms with Crippen molar-refractivity contribution in [1.82, 2.24) is 0 Å². The van der Waals surface area contributed by atoms with E-state index in [4.69, 9.17) is 0 Å². The Morgan fingerprint density at radius 1 is 1.35 bits per heavy atom. The second-order valence-corrected chi connectivity index (χ2v) is 7.70. The molecule has 0 aliphatic heterocycles. The van der Waals surface area contributed by atoms with Crippen LogP contribution < -0.4 is 5.32 Å². The fraction of sp³-hybridized carbons (Fsp3) is 0.562. The van der Waals surface area contributed by atoms with E-state index in [0.717, 1.165) is 16.6 Å². The topological polar surface area (TPSA) is 49.3 Å². The zero-order valence-electron chi connectivity index (χ0n) is 12.2. The number of rotatable bonds is 3. The number of benzene rings is 1. The van der Waals surface area contributed by atoms with Gasteiger partial charge in [0.1, 0.15) is 5.54 Å². The summed E-state index contributed by atoms with van der Waals surface area (Å²) in [5.41, 5.74) is -0.00480. The lowest BCUT2D eigenvalue weighted by Gasteiger charge is -2.46. The highest BCUT2D eigenvalue weighted by Crippen LogP contribution is 2.46. The highest BCUT2D eigenvalue weighted by atomic mass is 79.9. The molecule has 2 rings (SSSR count). The fourth-order valence-corrected chi connectivity index (χ4v) is 4.09. The minimum Gasteiger partial charge on any atom is -0.480 e. The van der Waals surface area contributed by atoms with Gasteiger partial charge in [-0.3, -0.25) is 0 Å². The lowest BCUT2D eigenvalue weighted by atomic mass is 9.64. The van der Waals surface area contributed by atoms with Crippen LogP contribution in [0.1, 0.15) is 40.0 Å². The third-order valence-corrected chi connectivity index (χ3v) is 4.73. The molecule has 0 spiro atoms. The molecular formula is C16H22BrNO2. The summed E-state index contributed by atoms with van der Waals surface area (Å²) in [6.07, 6.45) is 2.37. The van der Waals surface area contributed by atoms with Crippen molar-refractivity contribution in [2.45, 2.75) is 45.6 Å². The van der Waals surface area contributed by atoms with Gasteiger partial charge in [0.05, 0.1) is 0 Å². The molecule has 110 valence electrons. The molecule has 2 N–H and O–H groups in total. The van der Waals surface area contributed by atoms with Gasteiger partial charge < -0.3 is 10.4 Å². The molecule has 0 bridgehead atoms. The van der Waals surface area contributed by atoms with Crippen LogP contribution >= 0.6 is 15.9 Å². The highest BCUT2D eigenvalue weighted by molar-refractivity contribution is 9.10.